The van der Waals surface area contributed by atoms with Gasteiger partial charge in [0.15, 0.2) is 0 Å². The van der Waals surface area contributed by atoms with Crippen LogP contribution in [0.4, 0.5) is 4.39 Å². The van der Waals surface area contributed by atoms with Gasteiger partial charge in [0.1, 0.15) is 5.82 Å². The van der Waals surface area contributed by atoms with E-state index in [0.29, 0.717) is 12.0 Å². The van der Waals surface area contributed by atoms with Crippen molar-refractivity contribution in [3.63, 3.8) is 0 Å². The first kappa shape index (κ1) is 14.2. The van der Waals surface area contributed by atoms with Crippen molar-refractivity contribution in [1.82, 2.24) is 4.90 Å². The number of halogens is 1. The Morgan fingerprint density at radius 2 is 2.16 bits per heavy atom. The third-order valence-electron chi connectivity index (χ3n) is 3.02. The lowest BCUT2D eigenvalue weighted by molar-refractivity contribution is 0.147. The van der Waals surface area contributed by atoms with E-state index in [4.69, 9.17) is 0 Å². The second kappa shape index (κ2) is 6.80. The minimum Gasteiger partial charge on any atom is -0.388 e. The average Bonchev–Trinajstić information content (AvgIpc) is 2.88. The zero-order valence-corrected chi connectivity index (χ0v) is 11.7. The SMILES string of the molecule is CN(CCC(O)c1cccc(F)c1)Cc1cccs1. The van der Waals surface area contributed by atoms with Gasteiger partial charge in [0.05, 0.1) is 6.10 Å². The van der Waals surface area contributed by atoms with E-state index in [2.05, 4.69) is 16.3 Å². The maximum absolute atomic E-state index is 13.1. The summed E-state index contributed by atoms with van der Waals surface area (Å²) in [5.74, 6) is -0.302. The molecule has 0 amide bonds. The van der Waals surface area contributed by atoms with Gasteiger partial charge < -0.3 is 10.0 Å². The van der Waals surface area contributed by atoms with Crippen molar-refractivity contribution in [1.29, 1.82) is 0 Å². The molecule has 0 radical (unpaired) electrons. The lowest BCUT2D eigenvalue weighted by Crippen LogP contribution is -2.20. The molecule has 1 aromatic carbocycles. The predicted molar refractivity (Wildman–Crippen MR) is 76.6 cm³/mol. The Hall–Kier alpha value is -1.23. The molecule has 4 heteroatoms. The van der Waals surface area contributed by atoms with Crippen molar-refractivity contribution in [2.24, 2.45) is 0 Å². The summed E-state index contributed by atoms with van der Waals surface area (Å²) in [6.45, 7) is 1.66. The van der Waals surface area contributed by atoms with Gasteiger partial charge in [-0.15, -0.1) is 11.3 Å². The Morgan fingerprint density at radius 1 is 1.32 bits per heavy atom. The van der Waals surface area contributed by atoms with E-state index >= 15 is 0 Å². The van der Waals surface area contributed by atoms with Crippen LogP contribution in [0.5, 0.6) is 0 Å². The molecule has 19 heavy (non-hydrogen) atoms. The van der Waals surface area contributed by atoms with Crippen LogP contribution in [-0.4, -0.2) is 23.6 Å². The van der Waals surface area contributed by atoms with Crippen molar-refractivity contribution in [2.75, 3.05) is 13.6 Å². The van der Waals surface area contributed by atoms with E-state index in [0.717, 1.165) is 13.1 Å². The van der Waals surface area contributed by atoms with Crippen LogP contribution in [0.15, 0.2) is 41.8 Å². The number of aliphatic hydroxyl groups excluding tert-OH is 1. The molecule has 1 atom stereocenters. The number of hydrogen-bond acceptors (Lipinski definition) is 3. The summed E-state index contributed by atoms with van der Waals surface area (Å²) in [5, 5.41) is 12.1. The van der Waals surface area contributed by atoms with Crippen LogP contribution in [-0.2, 0) is 6.54 Å². The highest BCUT2D eigenvalue weighted by Gasteiger charge is 2.10. The fourth-order valence-corrected chi connectivity index (χ4v) is 2.75. The minimum atomic E-state index is -0.610. The Kier molecular flexibility index (Phi) is 5.07. The predicted octanol–water partition coefficient (Wildman–Crippen LogP) is 3.44. The Labute approximate surface area is 117 Å². The van der Waals surface area contributed by atoms with Crippen molar-refractivity contribution < 1.29 is 9.50 Å². The molecule has 2 rings (SSSR count). The van der Waals surface area contributed by atoms with E-state index in [1.165, 1.54) is 17.0 Å². The smallest absolute Gasteiger partial charge is 0.123 e. The van der Waals surface area contributed by atoms with Crippen LogP contribution >= 0.6 is 11.3 Å². The summed E-state index contributed by atoms with van der Waals surface area (Å²) in [5.41, 5.74) is 0.643. The summed E-state index contributed by atoms with van der Waals surface area (Å²) in [7, 11) is 2.03. The Bertz CT molecular complexity index is 501. The lowest BCUT2D eigenvalue weighted by Gasteiger charge is -2.18. The molecule has 2 nitrogen and oxygen atoms in total. The first-order valence-corrected chi connectivity index (χ1v) is 7.17. The van der Waals surface area contributed by atoms with Crippen molar-refractivity contribution in [3.05, 3.63) is 58.0 Å². The van der Waals surface area contributed by atoms with Gasteiger partial charge in [0.25, 0.3) is 0 Å². The van der Waals surface area contributed by atoms with Crippen LogP contribution in [0.1, 0.15) is 23.0 Å². The van der Waals surface area contributed by atoms with E-state index in [1.54, 1.807) is 23.5 Å². The van der Waals surface area contributed by atoms with Crippen LogP contribution < -0.4 is 0 Å². The molecular weight excluding hydrogens is 261 g/mol. The fraction of sp³-hybridized carbons (Fsp3) is 0.333. The molecule has 2 aromatic rings. The average molecular weight is 279 g/mol. The molecule has 0 bridgehead atoms. The number of nitrogens with zero attached hydrogens (tertiary/aromatic N) is 1. The number of aliphatic hydroxyl groups is 1. The zero-order chi connectivity index (χ0) is 13.7. The number of thiophene rings is 1. The Balaban J connectivity index is 1.81. The lowest BCUT2D eigenvalue weighted by atomic mass is 10.1. The van der Waals surface area contributed by atoms with Gasteiger partial charge in [0, 0.05) is 18.0 Å². The first-order chi connectivity index (χ1) is 9.15. The number of hydrogen-bond donors (Lipinski definition) is 1. The molecule has 1 N–H and O–H groups in total. The summed E-state index contributed by atoms with van der Waals surface area (Å²) in [6, 6.07) is 10.3. The second-order valence-corrected chi connectivity index (χ2v) is 5.71. The van der Waals surface area contributed by atoms with Crippen LogP contribution in [0, 0.1) is 5.82 Å². The maximum atomic E-state index is 13.1. The van der Waals surface area contributed by atoms with Gasteiger partial charge in [-0.3, -0.25) is 0 Å². The van der Waals surface area contributed by atoms with Crippen LogP contribution in [0.3, 0.4) is 0 Å². The summed E-state index contributed by atoms with van der Waals surface area (Å²) in [6.07, 6.45) is -0.00723. The first-order valence-electron chi connectivity index (χ1n) is 6.29. The van der Waals surface area contributed by atoms with E-state index < -0.39 is 6.10 Å². The number of benzene rings is 1. The monoisotopic (exact) mass is 279 g/mol. The molecule has 1 aromatic heterocycles. The molecule has 0 saturated heterocycles. The largest absolute Gasteiger partial charge is 0.388 e. The van der Waals surface area contributed by atoms with Gasteiger partial charge in [-0.2, -0.15) is 0 Å². The van der Waals surface area contributed by atoms with Gasteiger partial charge in [0.2, 0.25) is 0 Å². The van der Waals surface area contributed by atoms with Crippen molar-refractivity contribution in [2.45, 2.75) is 19.1 Å². The van der Waals surface area contributed by atoms with Gasteiger partial charge >= 0.3 is 0 Å². The summed E-state index contributed by atoms with van der Waals surface area (Å²) < 4.78 is 13.1. The molecule has 102 valence electrons. The molecule has 1 unspecified atom stereocenters. The highest BCUT2D eigenvalue weighted by molar-refractivity contribution is 7.09. The quantitative estimate of drug-likeness (QED) is 0.875. The molecule has 1 heterocycles. The summed E-state index contributed by atoms with van der Waals surface area (Å²) in [4.78, 5) is 3.47. The molecule has 0 spiro atoms. The van der Waals surface area contributed by atoms with Crippen LogP contribution in [0.2, 0.25) is 0 Å². The Morgan fingerprint density at radius 3 is 2.84 bits per heavy atom. The van der Waals surface area contributed by atoms with E-state index in [1.807, 2.05) is 13.1 Å². The highest BCUT2D eigenvalue weighted by atomic mass is 32.1. The molecule has 0 aliphatic heterocycles. The zero-order valence-electron chi connectivity index (χ0n) is 10.9. The van der Waals surface area contributed by atoms with Gasteiger partial charge in [-0.05, 0) is 42.6 Å². The standard InChI is InChI=1S/C15H18FNOS/c1-17(11-14-6-3-9-19-14)8-7-15(18)12-4-2-5-13(16)10-12/h2-6,9-10,15,18H,7-8,11H2,1H3. The molecule has 0 fully saturated rings. The van der Waals surface area contributed by atoms with Crippen molar-refractivity contribution in [3.8, 4) is 0 Å². The van der Waals surface area contributed by atoms with Gasteiger partial charge in [-0.1, -0.05) is 18.2 Å². The third kappa shape index (κ3) is 4.42. The topological polar surface area (TPSA) is 23.5 Å². The van der Waals surface area contributed by atoms with Gasteiger partial charge in [-0.25, -0.2) is 4.39 Å². The fourth-order valence-electron chi connectivity index (χ4n) is 1.97. The molecule has 0 aliphatic carbocycles. The molecule has 0 saturated carbocycles. The normalized spacial score (nSPS) is 12.8. The third-order valence-corrected chi connectivity index (χ3v) is 3.88. The molecule has 0 aliphatic rings. The van der Waals surface area contributed by atoms with Crippen LogP contribution in [0.25, 0.3) is 0 Å². The van der Waals surface area contributed by atoms with E-state index in [-0.39, 0.29) is 5.82 Å². The highest BCUT2D eigenvalue weighted by Crippen LogP contribution is 2.18. The molecular formula is C15H18FNOS. The van der Waals surface area contributed by atoms with Crippen molar-refractivity contribution >= 4 is 11.3 Å². The number of rotatable bonds is 6. The van der Waals surface area contributed by atoms with E-state index in [9.17, 15) is 9.50 Å². The maximum Gasteiger partial charge on any atom is 0.123 e. The summed E-state index contributed by atoms with van der Waals surface area (Å²) >= 11 is 1.73. The minimum absolute atomic E-state index is 0.302. The second-order valence-electron chi connectivity index (χ2n) is 4.68.